The van der Waals surface area contributed by atoms with Crippen LogP contribution in [0.1, 0.15) is 21.6 Å². The zero-order valence-electron chi connectivity index (χ0n) is 16.0. The van der Waals surface area contributed by atoms with Crippen molar-refractivity contribution in [2.75, 3.05) is 5.32 Å². The Bertz CT molecular complexity index is 1240. The Morgan fingerprint density at radius 1 is 1.07 bits per heavy atom. The van der Waals surface area contributed by atoms with Crippen LogP contribution in [0, 0.1) is 11.3 Å². The Morgan fingerprint density at radius 3 is 2.67 bits per heavy atom. The lowest BCUT2D eigenvalue weighted by molar-refractivity contribution is 0.102. The number of hydrogen-bond acceptors (Lipinski definition) is 3. The third kappa shape index (κ3) is 4.53. The maximum absolute atomic E-state index is 12.8. The zero-order chi connectivity index (χ0) is 20.9. The van der Waals surface area contributed by atoms with Crippen molar-refractivity contribution in [2.24, 2.45) is 0 Å². The number of carbonyl (C=O) groups is 1. The number of benzene rings is 3. The van der Waals surface area contributed by atoms with E-state index in [1.54, 1.807) is 0 Å². The molecule has 1 amide bonds. The molecule has 0 aliphatic rings. The van der Waals surface area contributed by atoms with Crippen LogP contribution in [-0.2, 0) is 13.0 Å². The number of aromatic nitrogens is 1. The smallest absolute Gasteiger partial charge is 0.272 e. The minimum Gasteiger partial charge on any atom is -0.489 e. The number of halogens is 1. The second-order valence-electron chi connectivity index (χ2n) is 6.79. The summed E-state index contributed by atoms with van der Waals surface area (Å²) in [6.07, 6.45) is 0.375. The van der Waals surface area contributed by atoms with Crippen molar-refractivity contribution < 1.29 is 9.53 Å². The van der Waals surface area contributed by atoms with Gasteiger partial charge in [-0.3, -0.25) is 4.79 Å². The summed E-state index contributed by atoms with van der Waals surface area (Å²) in [5, 5.41) is 12.7. The minimum absolute atomic E-state index is 0.212. The lowest BCUT2D eigenvalue weighted by atomic mass is 10.1. The molecule has 5 nitrogen and oxygen atoms in total. The molecule has 30 heavy (non-hydrogen) atoms. The predicted molar refractivity (Wildman–Crippen MR) is 120 cm³/mol. The van der Waals surface area contributed by atoms with Gasteiger partial charge in [0, 0.05) is 26.6 Å². The molecule has 0 atom stereocenters. The summed E-state index contributed by atoms with van der Waals surface area (Å²) < 4.78 is 6.82. The Labute approximate surface area is 182 Å². The van der Waals surface area contributed by atoms with E-state index in [2.05, 4.69) is 32.3 Å². The van der Waals surface area contributed by atoms with E-state index < -0.39 is 0 Å². The van der Waals surface area contributed by atoms with Crippen molar-refractivity contribution in [1.29, 1.82) is 5.26 Å². The molecule has 4 rings (SSSR count). The Morgan fingerprint density at radius 2 is 1.87 bits per heavy atom. The molecular weight excluding hydrogens is 442 g/mol. The third-order valence-corrected chi connectivity index (χ3v) is 5.19. The Kier molecular flexibility index (Phi) is 5.82. The summed E-state index contributed by atoms with van der Waals surface area (Å²) in [6, 6.07) is 24.8. The molecule has 0 unspecified atom stereocenters. The highest BCUT2D eigenvalue weighted by Gasteiger charge is 2.12. The van der Waals surface area contributed by atoms with Crippen LogP contribution in [0.3, 0.4) is 0 Å². The van der Waals surface area contributed by atoms with E-state index in [0.717, 1.165) is 26.5 Å². The van der Waals surface area contributed by atoms with Crippen LogP contribution in [0.25, 0.3) is 10.9 Å². The first-order valence-corrected chi connectivity index (χ1v) is 10.2. The van der Waals surface area contributed by atoms with Gasteiger partial charge in [0.2, 0.25) is 0 Å². The second-order valence-corrected chi connectivity index (χ2v) is 7.71. The molecule has 0 saturated carbocycles. The second kappa shape index (κ2) is 8.85. The van der Waals surface area contributed by atoms with Gasteiger partial charge in [0.05, 0.1) is 12.5 Å². The quantitative estimate of drug-likeness (QED) is 0.380. The number of anilines is 1. The lowest BCUT2D eigenvalue weighted by Gasteiger charge is -2.12. The van der Waals surface area contributed by atoms with E-state index in [-0.39, 0.29) is 5.91 Å². The van der Waals surface area contributed by atoms with Crippen molar-refractivity contribution in [1.82, 2.24) is 4.98 Å². The molecule has 0 saturated heterocycles. The van der Waals surface area contributed by atoms with Gasteiger partial charge in [-0.25, -0.2) is 0 Å². The van der Waals surface area contributed by atoms with Gasteiger partial charge in [0.25, 0.3) is 5.91 Å². The monoisotopic (exact) mass is 459 g/mol. The molecule has 3 aromatic carbocycles. The molecule has 1 aromatic heterocycles. The number of aromatic amines is 1. The van der Waals surface area contributed by atoms with E-state index in [1.807, 2.05) is 72.8 Å². The summed E-state index contributed by atoms with van der Waals surface area (Å²) in [5.41, 5.74) is 3.90. The number of amides is 1. The summed E-state index contributed by atoms with van der Waals surface area (Å²) in [4.78, 5) is 15.9. The van der Waals surface area contributed by atoms with Crippen LogP contribution in [0.15, 0.2) is 77.3 Å². The van der Waals surface area contributed by atoms with E-state index in [9.17, 15) is 4.79 Å². The first-order chi connectivity index (χ1) is 14.6. The van der Waals surface area contributed by atoms with Crippen LogP contribution in [0.4, 0.5) is 5.69 Å². The standard InChI is InChI=1S/C24H18BrN3O2/c25-19-8-7-17-13-23(27-22(17)14-19)24(29)28-21-4-2-1-3-18(21)15-30-20-9-5-16(6-10-20)11-12-26/h1-10,13-14,27H,11,15H2,(H,28,29). The summed E-state index contributed by atoms with van der Waals surface area (Å²) >= 11 is 3.44. The number of H-pyrrole nitrogens is 1. The van der Waals surface area contributed by atoms with E-state index >= 15 is 0 Å². The van der Waals surface area contributed by atoms with Gasteiger partial charge in [-0.15, -0.1) is 0 Å². The predicted octanol–water partition coefficient (Wildman–Crippen LogP) is 5.83. The first-order valence-electron chi connectivity index (χ1n) is 9.38. The maximum atomic E-state index is 12.8. The summed E-state index contributed by atoms with van der Waals surface area (Å²) in [5.74, 6) is 0.495. The van der Waals surface area contributed by atoms with Gasteiger partial charge in [0.15, 0.2) is 0 Å². The molecule has 4 aromatic rings. The van der Waals surface area contributed by atoms with E-state index in [0.29, 0.717) is 30.2 Å². The Hall–Kier alpha value is -3.56. The molecule has 148 valence electrons. The molecule has 0 aliphatic carbocycles. The molecule has 0 aliphatic heterocycles. The molecule has 0 bridgehead atoms. The fourth-order valence-electron chi connectivity index (χ4n) is 3.14. The molecular formula is C24H18BrN3O2. The fraction of sp³-hybridized carbons (Fsp3) is 0.0833. The fourth-order valence-corrected chi connectivity index (χ4v) is 3.50. The highest BCUT2D eigenvalue weighted by Crippen LogP contribution is 2.23. The number of para-hydroxylation sites is 1. The van der Waals surface area contributed by atoms with Gasteiger partial charge in [-0.2, -0.15) is 5.26 Å². The largest absolute Gasteiger partial charge is 0.489 e. The molecule has 0 radical (unpaired) electrons. The van der Waals surface area contributed by atoms with E-state index in [1.165, 1.54) is 0 Å². The third-order valence-electron chi connectivity index (χ3n) is 4.70. The SMILES string of the molecule is N#CCc1ccc(OCc2ccccc2NC(=O)c2cc3ccc(Br)cc3[nH]2)cc1. The number of nitrogens with one attached hydrogen (secondary N) is 2. The van der Waals surface area contributed by atoms with Crippen LogP contribution in [0.2, 0.25) is 0 Å². The molecule has 0 fully saturated rings. The Balaban J connectivity index is 1.47. The van der Waals surface area contributed by atoms with Crippen LogP contribution in [-0.4, -0.2) is 10.9 Å². The summed E-state index contributed by atoms with van der Waals surface area (Å²) in [7, 11) is 0. The minimum atomic E-state index is -0.212. The molecule has 2 N–H and O–H groups in total. The maximum Gasteiger partial charge on any atom is 0.272 e. The molecule has 0 spiro atoms. The number of nitrogens with zero attached hydrogens (tertiary/aromatic N) is 1. The topological polar surface area (TPSA) is 77.9 Å². The van der Waals surface area contributed by atoms with Crippen molar-refractivity contribution in [3.05, 3.63) is 94.1 Å². The van der Waals surface area contributed by atoms with Gasteiger partial charge in [-0.05, 0) is 42.0 Å². The van der Waals surface area contributed by atoms with Crippen LogP contribution >= 0.6 is 15.9 Å². The van der Waals surface area contributed by atoms with Crippen LogP contribution < -0.4 is 10.1 Å². The number of rotatable bonds is 6. The van der Waals surface area contributed by atoms with Gasteiger partial charge < -0.3 is 15.0 Å². The number of nitriles is 1. The zero-order valence-corrected chi connectivity index (χ0v) is 17.6. The van der Waals surface area contributed by atoms with Gasteiger partial charge >= 0.3 is 0 Å². The number of fused-ring (bicyclic) bond motifs is 1. The van der Waals surface area contributed by atoms with E-state index in [4.69, 9.17) is 10.00 Å². The van der Waals surface area contributed by atoms with Crippen molar-refractivity contribution in [3.8, 4) is 11.8 Å². The number of hydrogen-bond donors (Lipinski definition) is 2. The van der Waals surface area contributed by atoms with Gasteiger partial charge in [-0.1, -0.05) is 52.3 Å². The normalized spacial score (nSPS) is 10.5. The van der Waals surface area contributed by atoms with Crippen molar-refractivity contribution in [3.63, 3.8) is 0 Å². The van der Waals surface area contributed by atoms with Crippen LogP contribution in [0.5, 0.6) is 5.75 Å². The summed E-state index contributed by atoms with van der Waals surface area (Å²) in [6.45, 7) is 0.313. The average molecular weight is 460 g/mol. The van der Waals surface area contributed by atoms with Crippen molar-refractivity contribution >= 4 is 38.4 Å². The number of carbonyl (C=O) groups excluding carboxylic acids is 1. The molecule has 6 heteroatoms. The average Bonchev–Trinajstić information content (AvgIpc) is 3.18. The van der Waals surface area contributed by atoms with Crippen molar-refractivity contribution in [2.45, 2.75) is 13.0 Å². The first kappa shape index (κ1) is 19.7. The number of ether oxygens (including phenoxy) is 1. The highest BCUT2D eigenvalue weighted by molar-refractivity contribution is 9.10. The van der Waals surface area contributed by atoms with Gasteiger partial charge in [0.1, 0.15) is 18.1 Å². The molecule has 1 heterocycles. The lowest BCUT2D eigenvalue weighted by Crippen LogP contribution is -2.14. The highest BCUT2D eigenvalue weighted by atomic mass is 79.9.